The van der Waals surface area contributed by atoms with Gasteiger partial charge in [0.15, 0.2) is 6.29 Å². The maximum Gasteiger partial charge on any atom is 0.249 e. The second-order valence-corrected chi connectivity index (χ2v) is 23.2. The highest BCUT2D eigenvalue weighted by atomic mass is 16.7. The first-order chi connectivity index (χ1) is 37.2. The predicted octanol–water partition coefficient (Wildman–Crippen LogP) is 14.9. The van der Waals surface area contributed by atoms with Crippen LogP contribution >= 0.6 is 0 Å². The number of aliphatic hydroxyl groups excluding tert-OH is 7. The minimum absolute atomic E-state index is 0.249. The predicted molar refractivity (Wildman–Crippen MR) is 316 cm³/mol. The van der Waals surface area contributed by atoms with E-state index in [4.69, 9.17) is 9.47 Å². The zero-order valence-electron chi connectivity index (χ0n) is 49.5. The van der Waals surface area contributed by atoms with Crippen LogP contribution in [-0.4, -0.2) is 110 Å². The summed E-state index contributed by atoms with van der Waals surface area (Å²) >= 11 is 0. The molecule has 0 spiro atoms. The Balaban J connectivity index is 2.27. The smallest absolute Gasteiger partial charge is 0.249 e. The number of hydrogen-bond donors (Lipinski definition) is 8. The van der Waals surface area contributed by atoms with Crippen molar-refractivity contribution in [2.24, 2.45) is 0 Å². The summed E-state index contributed by atoms with van der Waals surface area (Å²) in [5.41, 5.74) is 0. The monoisotopic (exact) mass is 1080 g/mol. The summed E-state index contributed by atoms with van der Waals surface area (Å²) in [5.74, 6) is -0.704. The molecule has 1 aliphatic heterocycles. The van der Waals surface area contributed by atoms with Crippen LogP contribution in [0.15, 0.2) is 24.3 Å². The van der Waals surface area contributed by atoms with Crippen LogP contribution in [0.1, 0.15) is 316 Å². The molecule has 1 rings (SSSR count). The van der Waals surface area contributed by atoms with Crippen LogP contribution in [0.2, 0.25) is 0 Å². The molecule has 11 heteroatoms. The van der Waals surface area contributed by atoms with E-state index in [-0.39, 0.29) is 12.8 Å². The van der Waals surface area contributed by atoms with Gasteiger partial charge in [-0.15, -0.1) is 0 Å². The lowest BCUT2D eigenvalue weighted by Crippen LogP contribution is -2.60. The normalized spacial score (nSPS) is 19.7. The zero-order valence-corrected chi connectivity index (χ0v) is 49.5. The first-order valence-corrected chi connectivity index (χ1v) is 32.7. The Bertz CT molecular complexity index is 1280. The van der Waals surface area contributed by atoms with Gasteiger partial charge >= 0.3 is 0 Å². The lowest BCUT2D eigenvalue weighted by Gasteiger charge is -2.40. The molecule has 0 saturated carbocycles. The fourth-order valence-electron chi connectivity index (χ4n) is 10.7. The van der Waals surface area contributed by atoms with Crippen molar-refractivity contribution < 1.29 is 50.0 Å². The van der Waals surface area contributed by atoms with Crippen molar-refractivity contribution in [3.63, 3.8) is 0 Å². The molecule has 450 valence electrons. The minimum Gasteiger partial charge on any atom is -0.394 e. The van der Waals surface area contributed by atoms with E-state index in [0.29, 0.717) is 19.3 Å². The maximum atomic E-state index is 13.2. The summed E-state index contributed by atoms with van der Waals surface area (Å²) in [6.07, 6.45) is 55.4. The second-order valence-electron chi connectivity index (χ2n) is 23.2. The Hall–Kier alpha value is -1.41. The van der Waals surface area contributed by atoms with Gasteiger partial charge in [-0.05, 0) is 51.4 Å². The van der Waals surface area contributed by atoms with Crippen LogP contribution in [0.5, 0.6) is 0 Å². The largest absolute Gasteiger partial charge is 0.394 e. The van der Waals surface area contributed by atoms with Crippen molar-refractivity contribution in [1.29, 1.82) is 0 Å². The van der Waals surface area contributed by atoms with E-state index in [1.807, 2.05) is 0 Å². The highest BCUT2D eigenvalue weighted by Crippen LogP contribution is 2.24. The van der Waals surface area contributed by atoms with Crippen molar-refractivity contribution in [3.8, 4) is 0 Å². The van der Waals surface area contributed by atoms with Crippen LogP contribution in [0.25, 0.3) is 0 Å². The van der Waals surface area contributed by atoms with E-state index in [0.717, 1.165) is 38.5 Å². The average molecular weight is 1080 g/mol. The van der Waals surface area contributed by atoms with Gasteiger partial charge in [0, 0.05) is 0 Å². The third-order valence-electron chi connectivity index (χ3n) is 16.0. The summed E-state index contributed by atoms with van der Waals surface area (Å²) < 4.78 is 11.2. The third kappa shape index (κ3) is 41.6. The summed E-state index contributed by atoms with van der Waals surface area (Å²) in [6, 6.07) is -1.19. The van der Waals surface area contributed by atoms with Crippen molar-refractivity contribution >= 4 is 5.91 Å². The molecule has 1 saturated heterocycles. The fourth-order valence-corrected chi connectivity index (χ4v) is 10.7. The van der Waals surface area contributed by atoms with E-state index in [2.05, 4.69) is 43.5 Å². The number of amides is 1. The van der Waals surface area contributed by atoms with Gasteiger partial charge in [-0.1, -0.05) is 289 Å². The molecule has 0 aromatic carbocycles. The zero-order chi connectivity index (χ0) is 55.4. The lowest BCUT2D eigenvalue weighted by atomic mass is 9.98. The molecule has 9 unspecified atom stereocenters. The SMILES string of the molecule is CCCCCCCCCCCCCCCCCCCCC/C=C/CC/C=C/CCCC(O)C(O)C(COC1OC(CO)C(O)C(O)C1O)NC(=O)C(O)CCCCCCCCCCCCCCCCCCCCCCC. The lowest BCUT2D eigenvalue weighted by molar-refractivity contribution is -0.303. The van der Waals surface area contributed by atoms with Crippen molar-refractivity contribution in [2.75, 3.05) is 13.2 Å². The summed E-state index contributed by atoms with van der Waals surface area (Å²) in [4.78, 5) is 13.2. The highest BCUT2D eigenvalue weighted by molar-refractivity contribution is 5.80. The third-order valence-corrected chi connectivity index (χ3v) is 16.0. The van der Waals surface area contributed by atoms with Gasteiger partial charge in [0.1, 0.15) is 36.6 Å². The van der Waals surface area contributed by atoms with Gasteiger partial charge in [0.05, 0.1) is 25.4 Å². The number of ether oxygens (including phenoxy) is 2. The number of carbonyl (C=O) groups is 1. The Labute approximate surface area is 467 Å². The Kier molecular flexibility index (Phi) is 51.8. The number of unbranched alkanes of at least 4 members (excludes halogenated alkanes) is 41. The highest BCUT2D eigenvalue weighted by Gasteiger charge is 2.44. The molecule has 9 atom stereocenters. The molecular formula is C65H125NO10. The number of allylic oxidation sites excluding steroid dienone is 4. The molecule has 8 N–H and O–H groups in total. The topological polar surface area (TPSA) is 189 Å². The minimum atomic E-state index is -1.67. The van der Waals surface area contributed by atoms with Crippen molar-refractivity contribution in [1.82, 2.24) is 5.32 Å². The van der Waals surface area contributed by atoms with Crippen LogP contribution in [0.3, 0.4) is 0 Å². The van der Waals surface area contributed by atoms with E-state index in [1.54, 1.807) is 0 Å². The van der Waals surface area contributed by atoms with Crippen molar-refractivity contribution in [2.45, 2.75) is 371 Å². The van der Waals surface area contributed by atoms with Gasteiger partial charge in [0.2, 0.25) is 5.91 Å². The second kappa shape index (κ2) is 54.2. The van der Waals surface area contributed by atoms with E-state index < -0.39 is 74.2 Å². The number of aliphatic hydroxyl groups is 7. The Morgan fingerprint density at radius 1 is 0.447 bits per heavy atom. The van der Waals surface area contributed by atoms with Crippen LogP contribution in [0, 0.1) is 0 Å². The van der Waals surface area contributed by atoms with Crippen LogP contribution in [-0.2, 0) is 14.3 Å². The number of hydrogen-bond acceptors (Lipinski definition) is 10. The summed E-state index contributed by atoms with van der Waals surface area (Å²) in [6.45, 7) is 3.49. The molecule has 0 bridgehead atoms. The van der Waals surface area contributed by atoms with Gasteiger partial charge in [-0.3, -0.25) is 4.79 Å². The average Bonchev–Trinajstić information content (AvgIpc) is 3.42. The number of rotatable bonds is 57. The molecule has 0 aromatic rings. The van der Waals surface area contributed by atoms with Gasteiger partial charge < -0.3 is 50.5 Å². The van der Waals surface area contributed by atoms with E-state index >= 15 is 0 Å². The molecule has 0 radical (unpaired) electrons. The maximum absolute atomic E-state index is 13.2. The van der Waals surface area contributed by atoms with Gasteiger partial charge in [0.25, 0.3) is 0 Å². The first-order valence-electron chi connectivity index (χ1n) is 32.7. The number of nitrogens with one attached hydrogen (secondary N) is 1. The van der Waals surface area contributed by atoms with Gasteiger partial charge in [-0.2, -0.15) is 0 Å². The molecule has 0 aromatic heterocycles. The van der Waals surface area contributed by atoms with Gasteiger partial charge in [-0.25, -0.2) is 0 Å². The molecule has 1 fully saturated rings. The first kappa shape index (κ1) is 72.6. The van der Waals surface area contributed by atoms with Crippen LogP contribution < -0.4 is 5.32 Å². The molecule has 11 nitrogen and oxygen atoms in total. The molecular weight excluding hydrogens is 955 g/mol. The van der Waals surface area contributed by atoms with E-state index in [1.165, 1.54) is 231 Å². The number of carbonyl (C=O) groups excluding carboxylic acids is 1. The summed E-state index contributed by atoms with van der Waals surface area (Å²) in [5, 5.41) is 76.3. The Morgan fingerprint density at radius 2 is 0.789 bits per heavy atom. The van der Waals surface area contributed by atoms with Crippen molar-refractivity contribution in [3.05, 3.63) is 24.3 Å². The Morgan fingerprint density at radius 3 is 1.17 bits per heavy atom. The van der Waals surface area contributed by atoms with Crippen LogP contribution in [0.4, 0.5) is 0 Å². The molecule has 76 heavy (non-hydrogen) atoms. The fraction of sp³-hybridized carbons (Fsp3) is 0.923. The van der Waals surface area contributed by atoms with E-state index in [9.17, 15) is 40.5 Å². The molecule has 1 heterocycles. The molecule has 0 aliphatic carbocycles. The molecule has 1 amide bonds. The quantitative estimate of drug-likeness (QED) is 0.0215. The summed E-state index contributed by atoms with van der Waals surface area (Å²) in [7, 11) is 0. The molecule has 1 aliphatic rings. The standard InChI is InChI=1S/C65H125NO10/c1-3-5-7-9-11-13-15-17-19-21-23-25-26-27-28-29-30-31-33-34-36-38-40-42-44-46-48-50-52-57(68)60(70)56(55-75-65-63(73)62(72)61(71)59(54-67)76-65)66-64(74)58(69)53-51-49-47-45-43-41-39-37-35-32-24-22-20-18-16-14-12-10-8-6-4-2/h36,38,44,46,56-63,65,67-73H,3-35,37,39-43,45,47-55H2,1-2H3,(H,66,74)/b38-36+,46-44+.